The zero-order chi connectivity index (χ0) is 42.7. The van der Waals surface area contributed by atoms with Gasteiger partial charge in [-0.25, -0.2) is 22.5 Å². The largest absolute Gasteiger partial charge is 0.483 e. The van der Waals surface area contributed by atoms with Crippen LogP contribution in [0.4, 0.5) is 31.1 Å². The lowest BCUT2D eigenvalue weighted by atomic mass is 9.87. The minimum Gasteiger partial charge on any atom is -0.483 e. The first kappa shape index (κ1) is 41.4. The number of hydrogen-bond donors (Lipinski definition) is 2. The summed E-state index contributed by atoms with van der Waals surface area (Å²) in [7, 11) is -3.93. The lowest BCUT2D eigenvalue weighted by molar-refractivity contribution is -0.244. The van der Waals surface area contributed by atoms with E-state index in [1.807, 2.05) is 0 Å². The third-order valence-corrected chi connectivity index (χ3v) is 15.0. The molecular weight excluding hydrogens is 836 g/mol. The van der Waals surface area contributed by atoms with Gasteiger partial charge in [-0.3, -0.25) is 14.4 Å². The summed E-state index contributed by atoms with van der Waals surface area (Å²) >= 11 is 6.21. The van der Waals surface area contributed by atoms with Crippen LogP contribution in [0.25, 0.3) is 10.9 Å². The summed E-state index contributed by atoms with van der Waals surface area (Å²) in [4.78, 5) is 59.9. The molecule has 320 valence electrons. The number of nitrogens with one attached hydrogen (secondary N) is 2. The summed E-state index contributed by atoms with van der Waals surface area (Å²) in [6.07, 6.45) is -6.30. The topological polar surface area (TPSA) is 164 Å². The van der Waals surface area contributed by atoms with Crippen molar-refractivity contribution in [2.24, 2.45) is 5.92 Å². The predicted molar refractivity (Wildman–Crippen MR) is 196 cm³/mol. The number of nitrogens with zero attached hydrogens (tertiary/aromatic N) is 3. The molecule has 8 rings (SSSR count). The minimum absolute atomic E-state index is 0.00700. The quantitative estimate of drug-likeness (QED) is 0.212. The molecule has 1 aromatic heterocycles. The Bertz CT molecular complexity index is 2300. The van der Waals surface area contributed by atoms with E-state index in [1.54, 1.807) is 12.2 Å². The van der Waals surface area contributed by atoms with Crippen LogP contribution in [0.1, 0.15) is 89.3 Å². The molecule has 2 N–H and O–H groups in total. The second kappa shape index (κ2) is 13.6. The Kier molecular flexibility index (Phi) is 9.54. The molecule has 4 fully saturated rings. The van der Waals surface area contributed by atoms with Crippen molar-refractivity contribution >= 4 is 56.3 Å². The smallest absolute Gasteiger partial charge is 0.437 e. The van der Waals surface area contributed by atoms with Crippen molar-refractivity contribution < 1.29 is 63.4 Å². The predicted octanol–water partition coefficient (Wildman–Crippen LogP) is 6.06. The van der Waals surface area contributed by atoms with Crippen LogP contribution in [0.15, 0.2) is 30.4 Å². The van der Waals surface area contributed by atoms with Crippen molar-refractivity contribution in [2.75, 3.05) is 6.54 Å². The maximum Gasteiger partial charge on any atom is 0.437 e. The van der Waals surface area contributed by atoms with Crippen LogP contribution >= 0.6 is 11.6 Å². The number of aromatic nitrogens is 1. The third kappa shape index (κ3) is 6.94. The fraction of sp³-hybridized carbons (Fsp3) is 0.605. The van der Waals surface area contributed by atoms with E-state index in [0.717, 1.165) is 9.21 Å². The van der Waals surface area contributed by atoms with Gasteiger partial charge in [-0.1, -0.05) is 36.6 Å². The maximum absolute atomic E-state index is 14.7. The van der Waals surface area contributed by atoms with E-state index < -0.39 is 110 Å². The third-order valence-electron chi connectivity index (χ3n) is 12.4. The Morgan fingerprint density at radius 1 is 1.05 bits per heavy atom. The fourth-order valence-corrected chi connectivity index (χ4v) is 11.0. The van der Waals surface area contributed by atoms with Crippen molar-refractivity contribution in [2.45, 2.75) is 131 Å². The molecule has 0 radical (unpaired) electrons. The highest BCUT2D eigenvalue weighted by molar-refractivity contribution is 7.98. The molecule has 59 heavy (non-hydrogen) atoms. The number of carbonyl (C=O) groups excluding carboxylic acids is 4. The molecule has 4 amide bonds. The van der Waals surface area contributed by atoms with Crippen molar-refractivity contribution in [3.8, 4) is 5.75 Å². The Labute approximate surface area is 339 Å². The van der Waals surface area contributed by atoms with Crippen LogP contribution in [0, 0.1) is 5.92 Å². The molecule has 2 aromatic rings. The molecule has 5 atom stereocenters. The molecule has 0 bridgehead atoms. The zero-order valence-electron chi connectivity index (χ0n) is 31.8. The van der Waals surface area contributed by atoms with Crippen LogP contribution in [0.5, 0.6) is 5.75 Å². The lowest BCUT2D eigenvalue weighted by Gasteiger charge is -2.37. The summed E-state index contributed by atoms with van der Waals surface area (Å²) < 4.78 is 123. The number of ether oxygens (including phenoxy) is 2. The molecule has 0 unspecified atom stereocenters. The van der Waals surface area contributed by atoms with Gasteiger partial charge in [-0.2, -0.15) is 26.3 Å². The first-order valence-electron chi connectivity index (χ1n) is 19.3. The number of benzene rings is 1. The SMILES string of the molecule is CC(C)(OC(=O)N[C@H]1CCCCC/C=C\[C@@H]2C[C@@]2(C(=O)N2C3(CC3)S2(=O)=O)NC(=O)[C@@H]2C[C@]3(CCc4c(c(C(F)(F)F)nc5ccc(Cl)cc45)O3)CN2C1=O)C(F)(F)F. The molecule has 21 heteroatoms. The average Bonchev–Trinajstić information content (AvgIpc) is 4.08. The van der Waals surface area contributed by atoms with Crippen LogP contribution < -0.4 is 15.4 Å². The highest BCUT2D eigenvalue weighted by Crippen LogP contribution is 2.64. The molecule has 2 saturated heterocycles. The zero-order valence-corrected chi connectivity index (χ0v) is 33.3. The average molecular weight is 876 g/mol. The van der Waals surface area contributed by atoms with Gasteiger partial charge < -0.3 is 25.0 Å². The number of alkyl carbamates (subject to hydrolysis) is 1. The van der Waals surface area contributed by atoms with E-state index in [4.69, 9.17) is 21.1 Å². The van der Waals surface area contributed by atoms with Crippen LogP contribution in [-0.2, 0) is 41.7 Å². The van der Waals surface area contributed by atoms with Gasteiger partial charge in [0.15, 0.2) is 16.3 Å². The molecule has 6 aliphatic rings. The van der Waals surface area contributed by atoms with Crippen molar-refractivity contribution in [3.05, 3.63) is 46.6 Å². The lowest BCUT2D eigenvalue weighted by Crippen LogP contribution is -2.57. The number of aryl methyl sites for hydroxylation is 1. The van der Waals surface area contributed by atoms with Crippen LogP contribution in [-0.4, -0.2) is 92.8 Å². The van der Waals surface area contributed by atoms with E-state index in [2.05, 4.69) is 15.6 Å². The Morgan fingerprint density at radius 3 is 2.44 bits per heavy atom. The number of carbonyl (C=O) groups is 4. The molecule has 13 nitrogen and oxygen atoms in total. The molecular formula is C38H40ClF6N5O8S. The summed E-state index contributed by atoms with van der Waals surface area (Å²) in [5, 5.41) is 5.48. The van der Waals surface area contributed by atoms with Gasteiger partial charge in [0.05, 0.1) is 12.1 Å². The van der Waals surface area contributed by atoms with E-state index in [9.17, 15) is 53.9 Å². The number of amides is 4. The summed E-state index contributed by atoms with van der Waals surface area (Å²) in [6, 6.07) is 1.06. The number of pyridine rings is 1. The Balaban J connectivity index is 1.17. The number of allylic oxidation sites excluding steroid dienone is 1. The summed E-state index contributed by atoms with van der Waals surface area (Å²) in [5.74, 6) is -3.97. The normalized spacial score (nSPS) is 30.6. The standard InChI is InChI=1S/C38H40ClF6N5O8S/c1-33(2,38(43,44)45)58-32(54)47-25-9-7-5-3-4-6-8-20-17-36(20,31(53)50-35(14-15-35)59(50,55)56)48-29(51)26-18-34(19-49(26)30(25)52)13-12-22-23-16-21(39)10-11-24(23)46-28(27(22)57-34)37(40,41)42/h6,8,10-11,16,20,25-26H,3-5,7,9,12-15,17-19H2,1-2H3,(H,47,54)(H,48,51)/b8-6-/t20-,25+,26+,34-,36-,50?/m1/s1. The monoisotopic (exact) mass is 875 g/mol. The van der Waals surface area contributed by atoms with Crippen LogP contribution in [0.2, 0.25) is 5.02 Å². The molecule has 1 aromatic carbocycles. The van der Waals surface area contributed by atoms with Gasteiger partial charge in [0.1, 0.15) is 23.2 Å². The van der Waals surface area contributed by atoms with Crippen molar-refractivity contribution in [1.82, 2.24) is 24.8 Å². The first-order chi connectivity index (χ1) is 27.5. The molecule has 4 aliphatic heterocycles. The number of fused-ring (bicyclic) bond motifs is 5. The summed E-state index contributed by atoms with van der Waals surface area (Å²) in [6.45, 7) is 0.738. The highest BCUT2D eigenvalue weighted by atomic mass is 35.5. The molecule has 5 heterocycles. The van der Waals surface area contributed by atoms with Crippen LogP contribution in [0.3, 0.4) is 0 Å². The van der Waals surface area contributed by atoms with Crippen molar-refractivity contribution in [1.29, 1.82) is 0 Å². The van der Waals surface area contributed by atoms with Gasteiger partial charge in [0.2, 0.25) is 17.4 Å². The van der Waals surface area contributed by atoms with E-state index in [1.165, 1.54) is 18.2 Å². The summed E-state index contributed by atoms with van der Waals surface area (Å²) in [5.41, 5.74) is -7.53. The van der Waals surface area contributed by atoms with Gasteiger partial charge in [0.25, 0.3) is 15.9 Å². The number of halogens is 7. The highest BCUT2D eigenvalue weighted by Gasteiger charge is 2.83. The second-order valence-electron chi connectivity index (χ2n) is 16.9. The van der Waals surface area contributed by atoms with E-state index >= 15 is 0 Å². The van der Waals surface area contributed by atoms with E-state index in [0.29, 0.717) is 38.5 Å². The fourth-order valence-electron chi connectivity index (χ4n) is 8.72. The Hall–Kier alpha value is -4.33. The molecule has 2 saturated carbocycles. The first-order valence-corrected chi connectivity index (χ1v) is 21.1. The van der Waals surface area contributed by atoms with Gasteiger partial charge in [-0.05, 0) is 83.4 Å². The van der Waals surface area contributed by atoms with E-state index in [-0.39, 0.29) is 61.0 Å². The van der Waals surface area contributed by atoms with Gasteiger partial charge in [0, 0.05) is 28.3 Å². The molecule has 2 spiro atoms. The second-order valence-corrected chi connectivity index (χ2v) is 19.4. The minimum atomic E-state index is -5.01. The number of hydrogen-bond acceptors (Lipinski definition) is 9. The molecule has 2 aliphatic carbocycles. The Morgan fingerprint density at radius 2 is 1.78 bits per heavy atom. The number of rotatable bonds is 3. The number of alkyl halides is 6. The van der Waals surface area contributed by atoms with Gasteiger partial charge >= 0.3 is 18.4 Å². The maximum atomic E-state index is 14.7. The van der Waals surface area contributed by atoms with Crippen molar-refractivity contribution in [3.63, 3.8) is 0 Å². The van der Waals surface area contributed by atoms with Gasteiger partial charge in [-0.15, -0.1) is 0 Å². The number of sulfonamides is 1.